The van der Waals surface area contributed by atoms with Gasteiger partial charge in [-0.1, -0.05) is 6.08 Å². The average molecular weight is 490 g/mol. The second-order valence-corrected chi connectivity index (χ2v) is 9.68. The topological polar surface area (TPSA) is 115 Å². The van der Waals surface area contributed by atoms with Gasteiger partial charge in [0.2, 0.25) is 5.91 Å². The number of aromatic nitrogens is 5. The van der Waals surface area contributed by atoms with Crippen molar-refractivity contribution in [3.8, 4) is 11.3 Å². The molecule has 0 fully saturated rings. The fourth-order valence-corrected chi connectivity index (χ4v) is 4.09. The molecule has 10 nitrogen and oxygen atoms in total. The van der Waals surface area contributed by atoms with Crippen LogP contribution in [-0.4, -0.2) is 60.3 Å². The minimum absolute atomic E-state index is 0.0670. The minimum Gasteiger partial charge on any atom is -0.444 e. The van der Waals surface area contributed by atoms with Gasteiger partial charge in [0, 0.05) is 48.5 Å². The molecule has 3 aromatic heterocycles. The Labute approximate surface area is 210 Å². The van der Waals surface area contributed by atoms with Gasteiger partial charge in [-0.05, 0) is 58.7 Å². The van der Waals surface area contributed by atoms with Crippen LogP contribution in [0.5, 0.6) is 0 Å². The Morgan fingerprint density at radius 1 is 1.11 bits per heavy atom. The number of carbonyl (C=O) groups is 2. The predicted octanol–water partition coefficient (Wildman–Crippen LogP) is 4.01. The molecule has 36 heavy (non-hydrogen) atoms. The molecule has 1 N–H and O–H groups in total. The molecule has 0 aromatic carbocycles. The van der Waals surface area contributed by atoms with Gasteiger partial charge >= 0.3 is 6.09 Å². The molecule has 3 aromatic rings. The van der Waals surface area contributed by atoms with Gasteiger partial charge in [0.05, 0.1) is 17.6 Å². The Balaban J connectivity index is 1.39. The zero-order chi connectivity index (χ0) is 25.9. The number of ether oxygens (including phenoxy) is 1. The lowest BCUT2D eigenvalue weighted by atomic mass is 9.98. The Bertz CT molecular complexity index is 1280. The van der Waals surface area contributed by atoms with Crippen LogP contribution in [-0.2, 0) is 16.1 Å². The molecule has 0 spiro atoms. The van der Waals surface area contributed by atoms with Crippen molar-refractivity contribution < 1.29 is 14.3 Å². The second kappa shape index (κ2) is 10.3. The van der Waals surface area contributed by atoms with E-state index in [-0.39, 0.29) is 18.5 Å². The fraction of sp³-hybridized carbons (Fsp3) is 0.385. The summed E-state index contributed by atoms with van der Waals surface area (Å²) in [5.74, 6) is 0.229. The quantitative estimate of drug-likeness (QED) is 0.576. The van der Waals surface area contributed by atoms with Crippen LogP contribution < -0.4 is 5.32 Å². The van der Waals surface area contributed by atoms with Crippen molar-refractivity contribution >= 4 is 23.4 Å². The molecule has 10 heteroatoms. The smallest absolute Gasteiger partial charge is 0.410 e. The first kappa shape index (κ1) is 25.0. The van der Waals surface area contributed by atoms with Crippen LogP contribution in [0.1, 0.15) is 44.1 Å². The lowest BCUT2D eigenvalue weighted by Gasteiger charge is -2.29. The highest BCUT2D eigenvalue weighted by Gasteiger charge is 2.26. The van der Waals surface area contributed by atoms with Crippen molar-refractivity contribution in [2.75, 3.05) is 18.4 Å². The SMILES string of the molecule is Cc1nn(CC(=O)Nc2ccc(-c3cnccn3)cn2)c(C)c1C1=CCN(C(=O)OC(C)(C)C)CC1. The van der Waals surface area contributed by atoms with E-state index >= 15 is 0 Å². The van der Waals surface area contributed by atoms with Gasteiger partial charge in [0.15, 0.2) is 0 Å². The van der Waals surface area contributed by atoms with Crippen molar-refractivity contribution in [2.24, 2.45) is 0 Å². The highest BCUT2D eigenvalue weighted by Crippen LogP contribution is 2.28. The van der Waals surface area contributed by atoms with E-state index in [9.17, 15) is 9.59 Å². The summed E-state index contributed by atoms with van der Waals surface area (Å²) in [4.78, 5) is 39.4. The molecule has 0 atom stereocenters. The van der Waals surface area contributed by atoms with E-state index in [1.165, 1.54) is 0 Å². The number of pyridine rings is 1. The van der Waals surface area contributed by atoms with E-state index < -0.39 is 5.60 Å². The summed E-state index contributed by atoms with van der Waals surface area (Å²) >= 11 is 0. The summed E-state index contributed by atoms with van der Waals surface area (Å²) in [5.41, 5.74) is 4.91. The maximum Gasteiger partial charge on any atom is 0.410 e. The molecular weight excluding hydrogens is 458 g/mol. The highest BCUT2D eigenvalue weighted by molar-refractivity contribution is 5.89. The van der Waals surface area contributed by atoms with E-state index in [0.717, 1.165) is 28.1 Å². The molecule has 1 aliphatic rings. The Hall–Kier alpha value is -4.08. The number of nitrogens with zero attached hydrogens (tertiary/aromatic N) is 6. The Kier molecular flexibility index (Phi) is 7.14. The molecule has 0 aliphatic carbocycles. The molecular formula is C26H31N7O3. The Morgan fingerprint density at radius 2 is 1.92 bits per heavy atom. The lowest BCUT2D eigenvalue weighted by Crippen LogP contribution is -2.39. The zero-order valence-corrected chi connectivity index (χ0v) is 21.3. The van der Waals surface area contributed by atoms with Crippen molar-refractivity contribution in [1.29, 1.82) is 0 Å². The van der Waals surface area contributed by atoms with Crippen LogP contribution in [0.4, 0.5) is 10.6 Å². The maximum atomic E-state index is 12.7. The third-order valence-corrected chi connectivity index (χ3v) is 5.75. The molecule has 188 valence electrons. The van der Waals surface area contributed by atoms with Crippen LogP contribution in [0.2, 0.25) is 0 Å². The van der Waals surface area contributed by atoms with Crippen LogP contribution in [0.25, 0.3) is 16.8 Å². The molecule has 0 bridgehead atoms. The number of aryl methyl sites for hydroxylation is 1. The van der Waals surface area contributed by atoms with Gasteiger partial charge in [0.25, 0.3) is 0 Å². The van der Waals surface area contributed by atoms with Crippen molar-refractivity contribution in [1.82, 2.24) is 29.6 Å². The lowest BCUT2D eigenvalue weighted by molar-refractivity contribution is -0.117. The number of rotatable bonds is 5. The highest BCUT2D eigenvalue weighted by atomic mass is 16.6. The minimum atomic E-state index is -0.524. The van der Waals surface area contributed by atoms with Gasteiger partial charge in [-0.3, -0.25) is 19.4 Å². The molecule has 0 saturated heterocycles. The summed E-state index contributed by atoms with van der Waals surface area (Å²) in [5, 5.41) is 7.42. The number of anilines is 1. The third kappa shape index (κ3) is 5.94. The molecule has 1 aliphatic heterocycles. The van der Waals surface area contributed by atoms with Gasteiger partial charge in [-0.2, -0.15) is 5.10 Å². The van der Waals surface area contributed by atoms with Crippen molar-refractivity contribution in [2.45, 2.75) is 53.2 Å². The van der Waals surface area contributed by atoms with Gasteiger partial charge in [-0.25, -0.2) is 9.78 Å². The van der Waals surface area contributed by atoms with Gasteiger partial charge in [0.1, 0.15) is 18.0 Å². The molecule has 0 saturated carbocycles. The number of amides is 2. The second-order valence-electron chi connectivity index (χ2n) is 9.68. The zero-order valence-electron chi connectivity index (χ0n) is 21.3. The summed E-state index contributed by atoms with van der Waals surface area (Å²) in [6, 6.07) is 3.57. The maximum absolute atomic E-state index is 12.7. The number of hydrogen-bond acceptors (Lipinski definition) is 7. The normalized spacial score (nSPS) is 13.8. The number of nitrogens with one attached hydrogen (secondary N) is 1. The van der Waals surface area contributed by atoms with E-state index in [2.05, 4.69) is 25.4 Å². The monoisotopic (exact) mass is 489 g/mol. The van der Waals surface area contributed by atoms with Gasteiger partial charge in [-0.15, -0.1) is 0 Å². The first-order valence-corrected chi connectivity index (χ1v) is 11.8. The van der Waals surface area contributed by atoms with Gasteiger partial charge < -0.3 is 15.0 Å². The molecule has 4 heterocycles. The summed E-state index contributed by atoms with van der Waals surface area (Å²) in [6.07, 6.45) is 8.96. The van der Waals surface area contributed by atoms with Crippen LogP contribution in [0.3, 0.4) is 0 Å². The summed E-state index contributed by atoms with van der Waals surface area (Å²) in [7, 11) is 0. The predicted molar refractivity (Wildman–Crippen MR) is 136 cm³/mol. The average Bonchev–Trinajstić information content (AvgIpc) is 3.11. The molecule has 0 radical (unpaired) electrons. The molecule has 0 unspecified atom stereocenters. The van der Waals surface area contributed by atoms with Crippen LogP contribution in [0, 0.1) is 13.8 Å². The number of hydrogen-bond donors (Lipinski definition) is 1. The Morgan fingerprint density at radius 3 is 2.53 bits per heavy atom. The van der Waals surface area contributed by atoms with Crippen molar-refractivity contribution in [3.05, 3.63) is 59.9 Å². The van der Waals surface area contributed by atoms with E-state index in [0.29, 0.717) is 31.0 Å². The first-order valence-electron chi connectivity index (χ1n) is 11.8. The molecule has 2 amide bonds. The van der Waals surface area contributed by atoms with E-state index in [1.54, 1.807) is 40.4 Å². The third-order valence-electron chi connectivity index (χ3n) is 5.75. The van der Waals surface area contributed by atoms with E-state index in [4.69, 9.17) is 4.74 Å². The number of carbonyl (C=O) groups excluding carboxylic acids is 2. The van der Waals surface area contributed by atoms with Crippen molar-refractivity contribution in [3.63, 3.8) is 0 Å². The molecule has 4 rings (SSSR count). The van der Waals surface area contributed by atoms with Crippen LogP contribution >= 0.6 is 0 Å². The fourth-order valence-electron chi connectivity index (χ4n) is 4.09. The standard InChI is InChI=1S/C26H31N7O3/c1-17-24(19-8-12-32(13-9-19)25(35)36-26(3,4)5)18(2)33(31-17)16-23(34)30-22-7-6-20(14-29-22)21-15-27-10-11-28-21/h6-8,10-11,14-15H,9,12-13,16H2,1-5H3,(H,29,30,34). The van der Waals surface area contributed by atoms with Crippen LogP contribution in [0.15, 0.2) is 43.0 Å². The summed E-state index contributed by atoms with van der Waals surface area (Å²) < 4.78 is 7.18. The van der Waals surface area contributed by atoms with E-state index in [1.807, 2.05) is 46.8 Å². The summed E-state index contributed by atoms with van der Waals surface area (Å²) in [6.45, 7) is 10.6. The largest absolute Gasteiger partial charge is 0.444 e. The first-order chi connectivity index (χ1) is 17.1.